The first kappa shape index (κ1) is 20.0. The highest BCUT2D eigenvalue weighted by Crippen LogP contribution is 2.27. The van der Waals surface area contributed by atoms with E-state index in [0.29, 0.717) is 49.7 Å². The molecule has 3 heterocycles. The lowest BCUT2D eigenvalue weighted by Gasteiger charge is -2.31. The van der Waals surface area contributed by atoms with Crippen molar-refractivity contribution in [1.29, 1.82) is 0 Å². The highest BCUT2D eigenvalue weighted by Gasteiger charge is 2.29. The predicted molar refractivity (Wildman–Crippen MR) is 104 cm³/mol. The number of hydrogen-bond donors (Lipinski definition) is 2. The summed E-state index contributed by atoms with van der Waals surface area (Å²) >= 11 is 0. The molecular formula is C20H30N6O4. The Morgan fingerprint density at radius 3 is 1.30 bits per heavy atom. The van der Waals surface area contributed by atoms with Crippen LogP contribution in [0.2, 0.25) is 0 Å². The number of rotatable bonds is 0. The zero-order valence-electron chi connectivity index (χ0n) is 17.2. The van der Waals surface area contributed by atoms with Gasteiger partial charge in [-0.15, -0.1) is 0 Å². The van der Waals surface area contributed by atoms with E-state index in [1.54, 1.807) is 0 Å². The van der Waals surface area contributed by atoms with E-state index < -0.39 is 0 Å². The number of ether oxygens (including phenoxy) is 4. The first-order valence-electron chi connectivity index (χ1n) is 11.1. The van der Waals surface area contributed by atoms with Gasteiger partial charge >= 0.3 is 0 Å². The van der Waals surface area contributed by atoms with E-state index in [9.17, 15) is 0 Å². The minimum atomic E-state index is 0.0320. The average Bonchev–Trinajstić information content (AvgIpc) is 3.43. The second kappa shape index (κ2) is 9.51. The first-order valence-corrected chi connectivity index (χ1v) is 11.1. The third-order valence-electron chi connectivity index (χ3n) is 6.16. The van der Waals surface area contributed by atoms with Gasteiger partial charge in [0, 0.05) is 0 Å². The fraction of sp³-hybridized carbons (Fsp3) is 0.800. The van der Waals surface area contributed by atoms with Crippen molar-refractivity contribution in [3.8, 4) is 0 Å². The molecule has 2 aromatic rings. The van der Waals surface area contributed by atoms with Gasteiger partial charge in [0.15, 0.2) is 23.3 Å². The fourth-order valence-electron chi connectivity index (χ4n) is 4.55. The molecule has 5 rings (SSSR count). The lowest BCUT2D eigenvalue weighted by molar-refractivity contribution is -0.108. The number of aromatic amines is 2. The van der Waals surface area contributed by atoms with Crippen LogP contribution in [-0.2, 0) is 45.4 Å². The van der Waals surface area contributed by atoms with Gasteiger partial charge in [0.05, 0.1) is 24.4 Å². The topological polar surface area (TPSA) is 120 Å². The second-order valence-corrected chi connectivity index (χ2v) is 8.36. The molecule has 0 spiro atoms. The summed E-state index contributed by atoms with van der Waals surface area (Å²) in [5.74, 6) is 2.73. The molecule has 0 aromatic carbocycles. The molecular weight excluding hydrogens is 388 g/mol. The van der Waals surface area contributed by atoms with Crippen molar-refractivity contribution in [2.75, 3.05) is 0 Å². The molecule has 1 aliphatic heterocycles. The highest BCUT2D eigenvalue weighted by molar-refractivity contribution is 4.91. The Labute approximate surface area is 175 Å². The van der Waals surface area contributed by atoms with Crippen LogP contribution in [0.1, 0.15) is 74.7 Å². The Morgan fingerprint density at radius 2 is 0.900 bits per heavy atom. The predicted octanol–water partition coefficient (Wildman–Crippen LogP) is 2.33. The summed E-state index contributed by atoms with van der Waals surface area (Å²) in [6.07, 6.45) is 8.61. The van der Waals surface area contributed by atoms with E-state index in [2.05, 4.69) is 30.4 Å². The molecule has 30 heavy (non-hydrogen) atoms. The molecule has 2 saturated carbocycles. The average molecular weight is 418 g/mol. The maximum absolute atomic E-state index is 6.14. The number of nitrogens with one attached hydrogen (secondary N) is 2. The van der Waals surface area contributed by atoms with Crippen molar-refractivity contribution < 1.29 is 18.9 Å². The van der Waals surface area contributed by atoms with E-state index >= 15 is 0 Å². The van der Waals surface area contributed by atoms with E-state index in [1.807, 2.05) is 0 Å². The molecule has 0 amide bonds. The Kier molecular flexibility index (Phi) is 6.35. The lowest BCUT2D eigenvalue weighted by atomic mass is 9.94. The van der Waals surface area contributed by atoms with E-state index in [4.69, 9.17) is 18.9 Å². The van der Waals surface area contributed by atoms with Crippen LogP contribution >= 0.6 is 0 Å². The molecule has 2 aromatic heterocycles. The number of H-pyrrole nitrogens is 2. The van der Waals surface area contributed by atoms with Gasteiger partial charge in [0.25, 0.3) is 0 Å². The van der Waals surface area contributed by atoms with Gasteiger partial charge in [-0.2, -0.15) is 10.2 Å². The van der Waals surface area contributed by atoms with Crippen LogP contribution in [0.3, 0.4) is 0 Å². The zero-order chi connectivity index (χ0) is 20.2. The summed E-state index contributed by atoms with van der Waals surface area (Å²) in [6, 6.07) is 0. The number of fused-ring (bicyclic) bond motifs is 6. The summed E-state index contributed by atoms with van der Waals surface area (Å²) in [7, 11) is 0. The second-order valence-electron chi connectivity index (χ2n) is 8.36. The van der Waals surface area contributed by atoms with Crippen LogP contribution in [0.15, 0.2) is 0 Å². The molecule has 0 radical (unpaired) electrons. The molecule has 2 aliphatic carbocycles. The Bertz CT molecular complexity index is 684. The van der Waals surface area contributed by atoms with Gasteiger partial charge in [-0.25, -0.2) is 9.97 Å². The van der Waals surface area contributed by atoms with Crippen molar-refractivity contribution in [1.82, 2.24) is 30.4 Å². The fourth-order valence-corrected chi connectivity index (χ4v) is 4.55. The van der Waals surface area contributed by atoms with Gasteiger partial charge in [-0.1, -0.05) is 25.7 Å². The first-order chi connectivity index (χ1) is 14.8. The highest BCUT2D eigenvalue weighted by atomic mass is 16.5. The molecule has 10 nitrogen and oxygen atoms in total. The maximum Gasteiger partial charge on any atom is 0.176 e. The Morgan fingerprint density at radius 1 is 0.533 bits per heavy atom. The zero-order valence-corrected chi connectivity index (χ0v) is 17.2. The molecule has 10 heteroatoms. The number of hydrogen-bond acceptors (Lipinski definition) is 8. The molecule has 4 unspecified atom stereocenters. The van der Waals surface area contributed by atoms with Crippen molar-refractivity contribution in [2.45, 2.75) is 102 Å². The Hall–Kier alpha value is -1.88. The van der Waals surface area contributed by atoms with Gasteiger partial charge in [0.1, 0.15) is 26.4 Å². The normalized spacial score (nSPS) is 31.2. The van der Waals surface area contributed by atoms with E-state index in [1.165, 1.54) is 0 Å². The summed E-state index contributed by atoms with van der Waals surface area (Å²) in [4.78, 5) is 9.07. The van der Waals surface area contributed by atoms with Crippen molar-refractivity contribution >= 4 is 0 Å². The molecule has 3 aliphatic rings. The van der Waals surface area contributed by atoms with Crippen LogP contribution in [0.25, 0.3) is 0 Å². The van der Waals surface area contributed by atoms with E-state index in [0.717, 1.165) is 51.4 Å². The lowest BCUT2D eigenvalue weighted by Crippen LogP contribution is -2.35. The summed E-state index contributed by atoms with van der Waals surface area (Å²) in [5, 5.41) is 14.5. The van der Waals surface area contributed by atoms with Gasteiger partial charge < -0.3 is 18.9 Å². The summed E-state index contributed by atoms with van der Waals surface area (Å²) in [6.45, 7) is 1.50. The van der Waals surface area contributed by atoms with Gasteiger partial charge in [-0.05, 0) is 25.7 Å². The number of aromatic nitrogens is 6. The largest absolute Gasteiger partial charge is 0.368 e. The monoisotopic (exact) mass is 418 g/mol. The van der Waals surface area contributed by atoms with Crippen molar-refractivity contribution in [2.24, 2.45) is 0 Å². The third-order valence-corrected chi connectivity index (χ3v) is 6.16. The Balaban J connectivity index is 1.31. The molecule has 2 N–H and O–H groups in total. The quantitative estimate of drug-likeness (QED) is 0.669. The van der Waals surface area contributed by atoms with Crippen LogP contribution in [0.5, 0.6) is 0 Å². The smallest absolute Gasteiger partial charge is 0.176 e. The molecule has 4 bridgehead atoms. The molecule has 4 atom stereocenters. The summed E-state index contributed by atoms with van der Waals surface area (Å²) in [5.41, 5.74) is 0. The van der Waals surface area contributed by atoms with Crippen LogP contribution in [-0.4, -0.2) is 54.8 Å². The third kappa shape index (κ3) is 4.88. The van der Waals surface area contributed by atoms with Crippen molar-refractivity contribution in [3.63, 3.8) is 0 Å². The van der Waals surface area contributed by atoms with E-state index in [-0.39, 0.29) is 24.4 Å². The minimum absolute atomic E-state index is 0.0320. The van der Waals surface area contributed by atoms with Crippen molar-refractivity contribution in [3.05, 3.63) is 23.3 Å². The van der Waals surface area contributed by atoms with Crippen LogP contribution < -0.4 is 0 Å². The van der Waals surface area contributed by atoms with Gasteiger partial charge in [0.2, 0.25) is 0 Å². The number of nitrogens with zero attached hydrogens (tertiary/aromatic N) is 4. The molecule has 2 fully saturated rings. The SMILES string of the molecule is C1CCC2OCc3nc(n[nH]3)COC3CCCCC3OCc3nc(n[nH]3)COC2C1. The molecule has 0 saturated heterocycles. The summed E-state index contributed by atoms with van der Waals surface area (Å²) < 4.78 is 24.6. The standard InChI is InChI=1S/C20H30N6O4/c1-2-6-14-13(5-1)27-9-17-21-19(25-23-17)11-29-15-7-3-4-8-16(15)30-12-20-22-18(10-28-14)24-26-20/h13-16H,1-12H2,(H,21,23,25)(H,22,24,26). The maximum atomic E-state index is 6.14. The van der Waals surface area contributed by atoms with Gasteiger partial charge in [-0.3, -0.25) is 10.2 Å². The molecule has 164 valence electrons. The van der Waals surface area contributed by atoms with Crippen LogP contribution in [0, 0.1) is 0 Å². The minimum Gasteiger partial charge on any atom is -0.368 e. The van der Waals surface area contributed by atoms with Crippen LogP contribution in [0.4, 0.5) is 0 Å².